The van der Waals surface area contributed by atoms with Crippen molar-refractivity contribution in [1.82, 2.24) is 9.47 Å². The second-order valence-corrected chi connectivity index (χ2v) is 6.83. The van der Waals surface area contributed by atoms with Gasteiger partial charge in [0.1, 0.15) is 0 Å². The Balaban J connectivity index is 2.04. The standard InChI is InChI=1S/C20H26N2O/c1-14-9-12-19(22-15(2)10-11-16(22)3)18(13-14)20(23)21(4)17-7-5-6-8-17/h9-13,17H,5-8H2,1-4H3. The van der Waals surface area contributed by atoms with Crippen LogP contribution in [0.4, 0.5) is 0 Å². The predicted octanol–water partition coefficient (Wildman–Crippen LogP) is 4.42. The van der Waals surface area contributed by atoms with Crippen molar-refractivity contribution >= 4 is 5.91 Å². The van der Waals surface area contributed by atoms with Crippen molar-refractivity contribution in [1.29, 1.82) is 0 Å². The minimum absolute atomic E-state index is 0.142. The number of carbonyl (C=O) groups is 1. The molecule has 0 bridgehead atoms. The van der Waals surface area contributed by atoms with E-state index in [1.807, 2.05) is 24.9 Å². The number of carbonyl (C=O) groups excluding carboxylic acids is 1. The van der Waals surface area contributed by atoms with E-state index in [9.17, 15) is 4.79 Å². The molecule has 0 atom stereocenters. The topological polar surface area (TPSA) is 25.2 Å². The van der Waals surface area contributed by atoms with Crippen LogP contribution in [0.1, 0.15) is 53.0 Å². The molecule has 0 spiro atoms. The van der Waals surface area contributed by atoms with Crippen LogP contribution in [0.3, 0.4) is 0 Å². The zero-order valence-corrected chi connectivity index (χ0v) is 14.6. The van der Waals surface area contributed by atoms with E-state index in [2.05, 4.69) is 42.7 Å². The maximum absolute atomic E-state index is 13.1. The van der Waals surface area contributed by atoms with Crippen molar-refractivity contribution in [3.8, 4) is 5.69 Å². The molecule has 3 rings (SSSR count). The molecule has 1 heterocycles. The highest BCUT2D eigenvalue weighted by Crippen LogP contribution is 2.27. The number of amides is 1. The number of aromatic nitrogens is 1. The molecular formula is C20H26N2O. The van der Waals surface area contributed by atoms with Crippen LogP contribution in [0, 0.1) is 20.8 Å². The van der Waals surface area contributed by atoms with E-state index in [4.69, 9.17) is 0 Å². The van der Waals surface area contributed by atoms with Crippen LogP contribution in [0.2, 0.25) is 0 Å². The minimum atomic E-state index is 0.142. The summed E-state index contributed by atoms with van der Waals surface area (Å²) in [4.78, 5) is 15.1. The summed E-state index contributed by atoms with van der Waals surface area (Å²) in [7, 11) is 1.96. The predicted molar refractivity (Wildman–Crippen MR) is 94.3 cm³/mol. The number of hydrogen-bond acceptors (Lipinski definition) is 1. The Morgan fingerprint density at radius 3 is 2.26 bits per heavy atom. The molecule has 1 fully saturated rings. The smallest absolute Gasteiger partial charge is 0.255 e. The van der Waals surface area contributed by atoms with Gasteiger partial charge in [0.15, 0.2) is 0 Å². The number of aryl methyl sites for hydroxylation is 3. The van der Waals surface area contributed by atoms with E-state index in [0.29, 0.717) is 6.04 Å². The molecule has 0 radical (unpaired) electrons. The number of benzene rings is 1. The van der Waals surface area contributed by atoms with E-state index < -0.39 is 0 Å². The molecule has 122 valence electrons. The first-order valence-electron chi connectivity index (χ1n) is 8.52. The van der Waals surface area contributed by atoms with Gasteiger partial charge < -0.3 is 9.47 Å². The fraction of sp³-hybridized carbons (Fsp3) is 0.450. The number of hydrogen-bond donors (Lipinski definition) is 0. The second kappa shape index (κ2) is 6.23. The summed E-state index contributed by atoms with van der Waals surface area (Å²) < 4.78 is 2.18. The van der Waals surface area contributed by atoms with Gasteiger partial charge in [0.05, 0.1) is 11.3 Å². The van der Waals surface area contributed by atoms with E-state index in [-0.39, 0.29) is 5.91 Å². The van der Waals surface area contributed by atoms with Gasteiger partial charge in [-0.05, 0) is 57.9 Å². The Bertz CT molecular complexity index is 704. The van der Waals surface area contributed by atoms with Crippen LogP contribution in [0.25, 0.3) is 5.69 Å². The molecule has 1 aromatic carbocycles. The Hall–Kier alpha value is -2.03. The summed E-state index contributed by atoms with van der Waals surface area (Å²) in [6, 6.07) is 10.8. The van der Waals surface area contributed by atoms with E-state index in [1.54, 1.807) is 0 Å². The SMILES string of the molecule is Cc1ccc(-n2c(C)ccc2C)c(C(=O)N(C)C2CCCC2)c1. The van der Waals surface area contributed by atoms with Crippen LogP contribution in [0.15, 0.2) is 30.3 Å². The first-order chi connectivity index (χ1) is 11.0. The zero-order valence-electron chi connectivity index (χ0n) is 14.6. The minimum Gasteiger partial charge on any atom is -0.339 e. The molecule has 2 aromatic rings. The van der Waals surface area contributed by atoms with E-state index in [1.165, 1.54) is 12.8 Å². The molecular weight excluding hydrogens is 284 g/mol. The fourth-order valence-electron chi connectivity index (χ4n) is 3.71. The average Bonchev–Trinajstić information content (AvgIpc) is 3.17. The molecule has 1 aliphatic carbocycles. The summed E-state index contributed by atoms with van der Waals surface area (Å²) in [5.74, 6) is 0.142. The van der Waals surface area contributed by atoms with Gasteiger partial charge in [-0.25, -0.2) is 0 Å². The lowest BCUT2D eigenvalue weighted by atomic mass is 10.1. The van der Waals surface area contributed by atoms with Crippen molar-refractivity contribution in [3.05, 3.63) is 52.8 Å². The summed E-state index contributed by atoms with van der Waals surface area (Å²) in [6.45, 7) is 6.22. The maximum Gasteiger partial charge on any atom is 0.255 e. The first kappa shape index (κ1) is 15.9. The third-order valence-electron chi connectivity index (χ3n) is 5.09. The van der Waals surface area contributed by atoms with E-state index in [0.717, 1.165) is 41.0 Å². The Labute approximate surface area is 138 Å². The van der Waals surface area contributed by atoms with Crippen LogP contribution in [-0.4, -0.2) is 28.5 Å². The van der Waals surface area contributed by atoms with Crippen molar-refractivity contribution in [2.75, 3.05) is 7.05 Å². The molecule has 1 saturated carbocycles. The quantitative estimate of drug-likeness (QED) is 0.824. The molecule has 0 unspecified atom stereocenters. The molecule has 3 nitrogen and oxygen atoms in total. The highest BCUT2D eigenvalue weighted by atomic mass is 16.2. The normalized spacial score (nSPS) is 15.1. The van der Waals surface area contributed by atoms with Gasteiger partial charge in [0, 0.05) is 24.5 Å². The number of rotatable bonds is 3. The first-order valence-corrected chi connectivity index (χ1v) is 8.52. The van der Waals surface area contributed by atoms with Gasteiger partial charge in [0.2, 0.25) is 0 Å². The third kappa shape index (κ3) is 2.92. The Morgan fingerprint density at radius 2 is 1.65 bits per heavy atom. The molecule has 0 N–H and O–H groups in total. The molecule has 1 amide bonds. The molecule has 1 aliphatic rings. The highest BCUT2D eigenvalue weighted by Gasteiger charge is 2.26. The Morgan fingerprint density at radius 1 is 1.04 bits per heavy atom. The van der Waals surface area contributed by atoms with Gasteiger partial charge in [-0.3, -0.25) is 4.79 Å². The molecule has 3 heteroatoms. The van der Waals surface area contributed by atoms with Crippen molar-refractivity contribution < 1.29 is 4.79 Å². The lowest BCUT2D eigenvalue weighted by molar-refractivity contribution is 0.0735. The lowest BCUT2D eigenvalue weighted by Crippen LogP contribution is -2.35. The largest absolute Gasteiger partial charge is 0.339 e. The molecule has 0 saturated heterocycles. The van der Waals surface area contributed by atoms with Gasteiger partial charge in [-0.1, -0.05) is 24.5 Å². The summed E-state index contributed by atoms with van der Waals surface area (Å²) in [5, 5.41) is 0. The third-order valence-corrected chi connectivity index (χ3v) is 5.09. The van der Waals surface area contributed by atoms with Gasteiger partial charge in [-0.2, -0.15) is 0 Å². The molecule has 23 heavy (non-hydrogen) atoms. The van der Waals surface area contributed by atoms with Crippen molar-refractivity contribution in [2.45, 2.75) is 52.5 Å². The number of nitrogens with zero attached hydrogens (tertiary/aromatic N) is 2. The maximum atomic E-state index is 13.1. The fourth-order valence-corrected chi connectivity index (χ4v) is 3.71. The van der Waals surface area contributed by atoms with Crippen LogP contribution < -0.4 is 0 Å². The summed E-state index contributed by atoms with van der Waals surface area (Å²) >= 11 is 0. The zero-order chi connectivity index (χ0) is 16.6. The summed E-state index contributed by atoms with van der Waals surface area (Å²) in [5.41, 5.74) is 5.24. The highest BCUT2D eigenvalue weighted by molar-refractivity contribution is 5.98. The second-order valence-electron chi connectivity index (χ2n) is 6.83. The van der Waals surface area contributed by atoms with E-state index >= 15 is 0 Å². The monoisotopic (exact) mass is 310 g/mol. The van der Waals surface area contributed by atoms with Crippen molar-refractivity contribution in [2.24, 2.45) is 0 Å². The van der Waals surface area contributed by atoms with Crippen LogP contribution in [-0.2, 0) is 0 Å². The van der Waals surface area contributed by atoms with Crippen LogP contribution >= 0.6 is 0 Å². The Kier molecular flexibility index (Phi) is 4.29. The lowest BCUT2D eigenvalue weighted by Gasteiger charge is -2.26. The van der Waals surface area contributed by atoms with Gasteiger partial charge >= 0.3 is 0 Å². The summed E-state index contributed by atoms with van der Waals surface area (Å²) in [6.07, 6.45) is 4.73. The van der Waals surface area contributed by atoms with Crippen LogP contribution in [0.5, 0.6) is 0 Å². The van der Waals surface area contributed by atoms with Gasteiger partial charge in [-0.15, -0.1) is 0 Å². The molecule has 0 aliphatic heterocycles. The average molecular weight is 310 g/mol. The van der Waals surface area contributed by atoms with Gasteiger partial charge in [0.25, 0.3) is 5.91 Å². The molecule has 1 aromatic heterocycles. The van der Waals surface area contributed by atoms with Crippen molar-refractivity contribution in [3.63, 3.8) is 0 Å².